The molecule has 2 aromatic rings. The molecule has 2 N–H and O–H groups in total. The van der Waals surface area contributed by atoms with Crippen molar-refractivity contribution in [3.05, 3.63) is 64.7 Å². The molecule has 1 unspecified atom stereocenters. The molecular formula is C18H19N3. The first-order valence-electron chi connectivity index (χ1n) is 7.36. The van der Waals surface area contributed by atoms with Crippen LogP contribution in [0.15, 0.2) is 42.5 Å². The Morgan fingerprint density at radius 3 is 2.81 bits per heavy atom. The minimum atomic E-state index is 0.259. The molecule has 1 atom stereocenters. The fourth-order valence-electron chi connectivity index (χ4n) is 2.79. The standard InChI is InChI=1S/C18H19N3/c1-13(15-7-5-14(11-19)6-8-15)21-12-17-4-2-3-16-9-10-20-18(16)17/h2-8,13,20-21H,9-10,12H2,1H3. The Kier molecular flexibility index (Phi) is 3.89. The topological polar surface area (TPSA) is 47.8 Å². The normalized spacial score (nSPS) is 14.1. The summed E-state index contributed by atoms with van der Waals surface area (Å²) in [6.07, 6.45) is 1.12. The largest absolute Gasteiger partial charge is 0.384 e. The summed E-state index contributed by atoms with van der Waals surface area (Å²) in [7, 11) is 0. The highest BCUT2D eigenvalue weighted by atomic mass is 14.9. The van der Waals surface area contributed by atoms with Crippen molar-refractivity contribution in [1.82, 2.24) is 5.32 Å². The maximum atomic E-state index is 8.84. The predicted molar refractivity (Wildman–Crippen MR) is 85.0 cm³/mol. The van der Waals surface area contributed by atoms with Crippen LogP contribution in [-0.4, -0.2) is 6.54 Å². The summed E-state index contributed by atoms with van der Waals surface area (Å²) in [6, 6.07) is 16.7. The molecule has 3 heteroatoms. The monoisotopic (exact) mass is 277 g/mol. The number of para-hydroxylation sites is 1. The molecule has 0 aromatic heterocycles. The average molecular weight is 277 g/mol. The number of rotatable bonds is 4. The van der Waals surface area contributed by atoms with Gasteiger partial charge in [0.15, 0.2) is 0 Å². The number of hydrogen-bond donors (Lipinski definition) is 2. The van der Waals surface area contributed by atoms with Crippen molar-refractivity contribution in [3.8, 4) is 6.07 Å². The number of benzene rings is 2. The molecule has 0 saturated heterocycles. The second kappa shape index (κ2) is 5.99. The van der Waals surface area contributed by atoms with E-state index in [1.165, 1.54) is 22.4 Å². The van der Waals surface area contributed by atoms with Gasteiger partial charge in [-0.15, -0.1) is 0 Å². The molecule has 106 valence electrons. The van der Waals surface area contributed by atoms with E-state index in [2.05, 4.69) is 41.8 Å². The highest BCUT2D eigenvalue weighted by molar-refractivity contribution is 5.61. The van der Waals surface area contributed by atoms with Crippen LogP contribution >= 0.6 is 0 Å². The molecule has 3 nitrogen and oxygen atoms in total. The van der Waals surface area contributed by atoms with E-state index in [0.717, 1.165) is 19.5 Å². The minimum Gasteiger partial charge on any atom is -0.384 e. The first kappa shape index (κ1) is 13.7. The maximum Gasteiger partial charge on any atom is 0.0991 e. The molecule has 1 aliphatic heterocycles. The number of nitrogens with one attached hydrogen (secondary N) is 2. The number of anilines is 1. The Balaban J connectivity index is 1.67. The summed E-state index contributed by atoms with van der Waals surface area (Å²) in [5, 5.41) is 15.9. The van der Waals surface area contributed by atoms with Crippen molar-refractivity contribution >= 4 is 5.69 Å². The second-order valence-corrected chi connectivity index (χ2v) is 5.46. The van der Waals surface area contributed by atoms with E-state index in [9.17, 15) is 0 Å². The van der Waals surface area contributed by atoms with Crippen molar-refractivity contribution in [1.29, 1.82) is 5.26 Å². The molecule has 1 heterocycles. The van der Waals surface area contributed by atoms with Crippen LogP contribution in [-0.2, 0) is 13.0 Å². The Morgan fingerprint density at radius 2 is 2.05 bits per heavy atom. The molecule has 0 aliphatic carbocycles. The van der Waals surface area contributed by atoms with Gasteiger partial charge in [-0.1, -0.05) is 30.3 Å². The molecule has 2 aromatic carbocycles. The molecule has 0 spiro atoms. The first-order chi connectivity index (χ1) is 10.3. The van der Waals surface area contributed by atoms with Crippen molar-refractivity contribution in [2.75, 3.05) is 11.9 Å². The molecule has 0 bridgehead atoms. The predicted octanol–water partition coefficient (Wildman–Crippen LogP) is 3.38. The van der Waals surface area contributed by atoms with E-state index in [1.807, 2.05) is 24.3 Å². The summed E-state index contributed by atoms with van der Waals surface area (Å²) in [5.74, 6) is 0. The van der Waals surface area contributed by atoms with Gasteiger partial charge in [-0.25, -0.2) is 0 Å². The molecular weight excluding hydrogens is 258 g/mol. The summed E-state index contributed by atoms with van der Waals surface area (Å²) in [5.41, 5.74) is 5.95. The van der Waals surface area contributed by atoms with Gasteiger partial charge in [0, 0.05) is 24.8 Å². The van der Waals surface area contributed by atoms with Crippen LogP contribution in [0.5, 0.6) is 0 Å². The maximum absolute atomic E-state index is 8.84. The van der Waals surface area contributed by atoms with Gasteiger partial charge >= 0.3 is 0 Å². The van der Waals surface area contributed by atoms with Crippen LogP contribution < -0.4 is 10.6 Å². The van der Waals surface area contributed by atoms with E-state index >= 15 is 0 Å². The number of hydrogen-bond acceptors (Lipinski definition) is 3. The van der Waals surface area contributed by atoms with Crippen molar-refractivity contribution in [2.24, 2.45) is 0 Å². The third-order valence-corrected chi connectivity index (χ3v) is 4.07. The van der Waals surface area contributed by atoms with Gasteiger partial charge in [0.1, 0.15) is 0 Å². The number of nitriles is 1. The zero-order valence-electron chi connectivity index (χ0n) is 12.2. The van der Waals surface area contributed by atoms with Crippen LogP contribution in [0.25, 0.3) is 0 Å². The van der Waals surface area contributed by atoms with Gasteiger partial charge in [-0.05, 0) is 42.2 Å². The smallest absolute Gasteiger partial charge is 0.0991 e. The van der Waals surface area contributed by atoms with Gasteiger partial charge in [0.25, 0.3) is 0 Å². The zero-order valence-corrected chi connectivity index (χ0v) is 12.2. The van der Waals surface area contributed by atoms with Crippen LogP contribution in [0, 0.1) is 11.3 Å². The minimum absolute atomic E-state index is 0.259. The van der Waals surface area contributed by atoms with Crippen LogP contribution in [0.4, 0.5) is 5.69 Å². The highest BCUT2D eigenvalue weighted by Crippen LogP contribution is 2.26. The summed E-state index contributed by atoms with van der Waals surface area (Å²) in [4.78, 5) is 0. The number of nitrogens with zero attached hydrogens (tertiary/aromatic N) is 1. The summed E-state index contributed by atoms with van der Waals surface area (Å²) < 4.78 is 0. The van der Waals surface area contributed by atoms with Crippen molar-refractivity contribution in [3.63, 3.8) is 0 Å². The van der Waals surface area contributed by atoms with Crippen molar-refractivity contribution < 1.29 is 0 Å². The van der Waals surface area contributed by atoms with Crippen LogP contribution in [0.2, 0.25) is 0 Å². The second-order valence-electron chi connectivity index (χ2n) is 5.46. The van der Waals surface area contributed by atoms with Crippen LogP contribution in [0.1, 0.15) is 35.2 Å². The van der Waals surface area contributed by atoms with Gasteiger partial charge < -0.3 is 10.6 Å². The SMILES string of the molecule is CC(NCc1cccc2c1NCC2)c1ccc(C#N)cc1. The Morgan fingerprint density at radius 1 is 1.24 bits per heavy atom. The fraction of sp³-hybridized carbons (Fsp3) is 0.278. The summed E-state index contributed by atoms with van der Waals surface area (Å²) in [6.45, 7) is 4.03. The lowest BCUT2D eigenvalue weighted by Crippen LogP contribution is -2.18. The molecule has 0 fully saturated rings. The van der Waals surface area contributed by atoms with E-state index in [1.54, 1.807) is 0 Å². The average Bonchev–Trinajstić information content (AvgIpc) is 3.02. The third kappa shape index (κ3) is 2.91. The Bertz CT molecular complexity index is 668. The van der Waals surface area contributed by atoms with Gasteiger partial charge in [-0.2, -0.15) is 5.26 Å². The third-order valence-electron chi connectivity index (χ3n) is 4.07. The fourth-order valence-corrected chi connectivity index (χ4v) is 2.79. The first-order valence-corrected chi connectivity index (χ1v) is 7.36. The quantitative estimate of drug-likeness (QED) is 0.900. The molecule has 1 aliphatic rings. The van der Waals surface area contributed by atoms with E-state index < -0.39 is 0 Å². The lowest BCUT2D eigenvalue weighted by atomic mass is 10.0. The Labute approximate surface area is 125 Å². The molecule has 3 rings (SSSR count). The highest BCUT2D eigenvalue weighted by Gasteiger charge is 2.14. The van der Waals surface area contributed by atoms with Gasteiger partial charge in [-0.3, -0.25) is 0 Å². The molecule has 0 amide bonds. The van der Waals surface area contributed by atoms with E-state index in [4.69, 9.17) is 5.26 Å². The lowest BCUT2D eigenvalue weighted by Gasteiger charge is -2.16. The van der Waals surface area contributed by atoms with Crippen LogP contribution in [0.3, 0.4) is 0 Å². The zero-order chi connectivity index (χ0) is 14.7. The lowest BCUT2D eigenvalue weighted by molar-refractivity contribution is 0.575. The van der Waals surface area contributed by atoms with E-state index in [-0.39, 0.29) is 6.04 Å². The van der Waals surface area contributed by atoms with E-state index in [0.29, 0.717) is 5.56 Å². The number of fused-ring (bicyclic) bond motifs is 1. The summed E-state index contributed by atoms with van der Waals surface area (Å²) >= 11 is 0. The van der Waals surface area contributed by atoms with Gasteiger partial charge in [0.2, 0.25) is 0 Å². The molecule has 21 heavy (non-hydrogen) atoms. The van der Waals surface area contributed by atoms with Crippen molar-refractivity contribution in [2.45, 2.75) is 25.9 Å². The van der Waals surface area contributed by atoms with Gasteiger partial charge in [0.05, 0.1) is 11.6 Å². The molecule has 0 radical (unpaired) electrons. The Hall–Kier alpha value is -2.31. The molecule has 0 saturated carbocycles.